The summed E-state index contributed by atoms with van der Waals surface area (Å²) in [6, 6.07) is 6.50. The molecule has 0 saturated heterocycles. The van der Waals surface area contributed by atoms with Crippen LogP contribution in [0.25, 0.3) is 0 Å². The zero-order valence-corrected chi connectivity index (χ0v) is 11.0. The third-order valence-electron chi connectivity index (χ3n) is 2.49. The highest BCUT2D eigenvalue weighted by atomic mass is 35.5. The molecule has 0 radical (unpaired) electrons. The molecule has 0 fully saturated rings. The van der Waals surface area contributed by atoms with Crippen molar-refractivity contribution in [3.8, 4) is 11.6 Å². The predicted molar refractivity (Wildman–Crippen MR) is 69.6 cm³/mol. The summed E-state index contributed by atoms with van der Waals surface area (Å²) in [7, 11) is 0. The molecule has 1 heterocycles. The van der Waals surface area contributed by atoms with Gasteiger partial charge in [-0.2, -0.15) is 0 Å². The van der Waals surface area contributed by atoms with Crippen LogP contribution in [0.4, 0.5) is 8.78 Å². The van der Waals surface area contributed by atoms with E-state index < -0.39 is 11.6 Å². The van der Waals surface area contributed by atoms with Gasteiger partial charge in [0.15, 0.2) is 0 Å². The van der Waals surface area contributed by atoms with Gasteiger partial charge in [-0.05, 0) is 18.1 Å². The number of nitrogens with zero attached hydrogens (tertiary/aromatic N) is 1. The van der Waals surface area contributed by atoms with Gasteiger partial charge < -0.3 is 4.74 Å². The van der Waals surface area contributed by atoms with Gasteiger partial charge in [-0.25, -0.2) is 13.8 Å². The SMILES string of the molecule is CCc1cc(CCl)cc(Oc2cc(F)cc(F)c2)n1. The van der Waals surface area contributed by atoms with Crippen molar-refractivity contribution in [1.82, 2.24) is 4.98 Å². The molecule has 0 atom stereocenters. The lowest BCUT2D eigenvalue weighted by atomic mass is 10.2. The molecule has 2 rings (SSSR count). The maximum atomic E-state index is 13.1. The Hall–Kier alpha value is -1.68. The van der Waals surface area contributed by atoms with Crippen molar-refractivity contribution in [2.24, 2.45) is 0 Å². The van der Waals surface area contributed by atoms with Gasteiger partial charge in [0.25, 0.3) is 0 Å². The fourth-order valence-electron chi connectivity index (χ4n) is 1.64. The Labute approximate surface area is 115 Å². The van der Waals surface area contributed by atoms with Gasteiger partial charge in [0.2, 0.25) is 5.88 Å². The normalized spacial score (nSPS) is 10.5. The Balaban J connectivity index is 2.31. The van der Waals surface area contributed by atoms with E-state index in [4.69, 9.17) is 16.3 Å². The van der Waals surface area contributed by atoms with Crippen LogP contribution in [-0.4, -0.2) is 4.98 Å². The van der Waals surface area contributed by atoms with Crippen LogP contribution in [0, 0.1) is 11.6 Å². The van der Waals surface area contributed by atoms with E-state index in [1.165, 1.54) is 0 Å². The second-order valence-corrected chi connectivity index (χ2v) is 4.27. The van der Waals surface area contributed by atoms with Crippen LogP contribution in [-0.2, 0) is 12.3 Å². The fourth-order valence-corrected chi connectivity index (χ4v) is 1.79. The lowest BCUT2D eigenvalue weighted by Gasteiger charge is -2.08. The molecule has 0 N–H and O–H groups in total. The number of benzene rings is 1. The first kappa shape index (κ1) is 13.7. The molecule has 2 nitrogen and oxygen atoms in total. The molecule has 0 aliphatic carbocycles. The molecule has 0 bridgehead atoms. The van der Waals surface area contributed by atoms with Crippen LogP contribution < -0.4 is 4.74 Å². The zero-order valence-electron chi connectivity index (χ0n) is 10.3. The Kier molecular flexibility index (Phi) is 4.32. The monoisotopic (exact) mass is 283 g/mol. The fraction of sp³-hybridized carbons (Fsp3) is 0.214. The minimum atomic E-state index is -0.695. The maximum absolute atomic E-state index is 13.1. The van der Waals surface area contributed by atoms with E-state index in [2.05, 4.69) is 4.98 Å². The number of alkyl halides is 1. The molecule has 0 aliphatic rings. The highest BCUT2D eigenvalue weighted by Crippen LogP contribution is 2.23. The lowest BCUT2D eigenvalue weighted by molar-refractivity contribution is 0.449. The van der Waals surface area contributed by atoms with Crippen molar-refractivity contribution >= 4 is 11.6 Å². The number of aryl methyl sites for hydroxylation is 1. The highest BCUT2D eigenvalue weighted by molar-refractivity contribution is 6.17. The molecule has 0 amide bonds. The summed E-state index contributed by atoms with van der Waals surface area (Å²) in [5, 5.41) is 0. The highest BCUT2D eigenvalue weighted by Gasteiger charge is 2.06. The number of hydrogen-bond acceptors (Lipinski definition) is 2. The molecule has 1 aromatic carbocycles. The Morgan fingerprint density at radius 2 is 1.79 bits per heavy atom. The average Bonchev–Trinajstić information content (AvgIpc) is 2.37. The van der Waals surface area contributed by atoms with Gasteiger partial charge in [-0.1, -0.05) is 6.92 Å². The first-order valence-electron chi connectivity index (χ1n) is 5.80. The van der Waals surface area contributed by atoms with Crippen molar-refractivity contribution < 1.29 is 13.5 Å². The number of ether oxygens (including phenoxy) is 1. The molecule has 2 aromatic rings. The van der Waals surface area contributed by atoms with E-state index in [0.29, 0.717) is 5.88 Å². The smallest absolute Gasteiger partial charge is 0.219 e. The lowest BCUT2D eigenvalue weighted by Crippen LogP contribution is -1.95. The molecular formula is C14H12ClF2NO. The summed E-state index contributed by atoms with van der Waals surface area (Å²) in [4.78, 5) is 4.23. The van der Waals surface area contributed by atoms with Crippen LogP contribution in [0.15, 0.2) is 30.3 Å². The topological polar surface area (TPSA) is 22.1 Å². The molecule has 1 aromatic heterocycles. The molecular weight excluding hydrogens is 272 g/mol. The molecule has 5 heteroatoms. The second-order valence-electron chi connectivity index (χ2n) is 4.00. The van der Waals surface area contributed by atoms with Gasteiger partial charge in [0.05, 0.1) is 0 Å². The number of hydrogen-bond donors (Lipinski definition) is 0. The molecule has 0 unspecified atom stereocenters. The van der Waals surface area contributed by atoms with Crippen molar-refractivity contribution in [2.45, 2.75) is 19.2 Å². The summed E-state index contributed by atoms with van der Waals surface area (Å²) >= 11 is 5.78. The Bertz CT molecular complexity index is 547. The summed E-state index contributed by atoms with van der Waals surface area (Å²) in [6.45, 7) is 1.95. The third kappa shape index (κ3) is 3.64. The van der Waals surface area contributed by atoms with Crippen LogP contribution in [0.2, 0.25) is 0 Å². The molecule has 0 spiro atoms. The Morgan fingerprint density at radius 3 is 2.37 bits per heavy atom. The van der Waals surface area contributed by atoms with Crippen LogP contribution in [0.1, 0.15) is 18.2 Å². The van der Waals surface area contributed by atoms with Crippen LogP contribution in [0.3, 0.4) is 0 Å². The summed E-state index contributed by atoms with van der Waals surface area (Å²) < 4.78 is 31.5. The zero-order chi connectivity index (χ0) is 13.8. The van der Waals surface area contributed by atoms with E-state index in [0.717, 1.165) is 35.9 Å². The van der Waals surface area contributed by atoms with E-state index in [1.54, 1.807) is 6.07 Å². The van der Waals surface area contributed by atoms with E-state index in [-0.39, 0.29) is 11.6 Å². The van der Waals surface area contributed by atoms with Crippen molar-refractivity contribution in [2.75, 3.05) is 0 Å². The van der Waals surface area contributed by atoms with E-state index in [1.807, 2.05) is 13.0 Å². The van der Waals surface area contributed by atoms with Gasteiger partial charge in [0.1, 0.15) is 17.4 Å². The standard InChI is InChI=1S/C14H12ClF2NO/c1-2-12-3-9(8-15)4-14(18-12)19-13-6-10(16)5-11(17)7-13/h3-7H,2,8H2,1H3. The maximum Gasteiger partial charge on any atom is 0.219 e. The third-order valence-corrected chi connectivity index (χ3v) is 2.80. The van der Waals surface area contributed by atoms with E-state index >= 15 is 0 Å². The van der Waals surface area contributed by atoms with Crippen LogP contribution >= 0.6 is 11.6 Å². The number of pyridine rings is 1. The Morgan fingerprint density at radius 1 is 1.11 bits per heavy atom. The molecule has 19 heavy (non-hydrogen) atoms. The summed E-state index contributed by atoms with van der Waals surface area (Å²) in [6.07, 6.45) is 0.721. The quantitative estimate of drug-likeness (QED) is 0.773. The van der Waals surface area contributed by atoms with Gasteiger partial charge in [-0.15, -0.1) is 11.6 Å². The van der Waals surface area contributed by atoms with E-state index in [9.17, 15) is 8.78 Å². The van der Waals surface area contributed by atoms with Gasteiger partial charge in [0, 0.05) is 35.8 Å². The number of halogens is 3. The molecule has 100 valence electrons. The first-order chi connectivity index (χ1) is 9.10. The first-order valence-corrected chi connectivity index (χ1v) is 6.34. The predicted octanol–water partition coefficient (Wildman–Crippen LogP) is 4.45. The van der Waals surface area contributed by atoms with Gasteiger partial charge >= 0.3 is 0 Å². The van der Waals surface area contributed by atoms with Crippen LogP contribution in [0.5, 0.6) is 11.6 Å². The number of aromatic nitrogens is 1. The molecule has 0 aliphatic heterocycles. The average molecular weight is 284 g/mol. The number of rotatable bonds is 4. The minimum absolute atomic E-state index is 0.0683. The minimum Gasteiger partial charge on any atom is -0.439 e. The summed E-state index contributed by atoms with van der Waals surface area (Å²) in [5.41, 5.74) is 1.66. The van der Waals surface area contributed by atoms with Crippen molar-refractivity contribution in [3.05, 3.63) is 53.2 Å². The van der Waals surface area contributed by atoms with Crippen molar-refractivity contribution in [3.63, 3.8) is 0 Å². The van der Waals surface area contributed by atoms with Crippen molar-refractivity contribution in [1.29, 1.82) is 0 Å². The largest absolute Gasteiger partial charge is 0.439 e. The summed E-state index contributed by atoms with van der Waals surface area (Å²) in [5.74, 6) is -0.721. The second kappa shape index (κ2) is 5.97. The van der Waals surface area contributed by atoms with Gasteiger partial charge in [-0.3, -0.25) is 0 Å². The molecule has 0 saturated carbocycles.